The SMILES string of the molecule is CC(=O)S[C@H]1C[C@@H](C(=O)N2CCS(=O)C2)N(C(=O)OCc2ccc([N+](=O)[O-])cc2)C1. The van der Waals surface area contributed by atoms with Crippen LogP contribution in [-0.2, 0) is 31.7 Å². The first-order valence-electron chi connectivity index (χ1n) is 9.22. The molecule has 162 valence electrons. The molecular weight excluding hydrogens is 434 g/mol. The number of non-ortho nitro benzene ring substituents is 1. The summed E-state index contributed by atoms with van der Waals surface area (Å²) in [6, 6.07) is 4.84. The second-order valence-corrected chi connectivity index (χ2v) is 10.0. The van der Waals surface area contributed by atoms with Gasteiger partial charge in [-0.3, -0.25) is 28.8 Å². The normalized spacial score (nSPS) is 23.4. The highest BCUT2D eigenvalue weighted by molar-refractivity contribution is 8.14. The number of thioether (sulfide) groups is 1. The van der Waals surface area contributed by atoms with Crippen molar-refractivity contribution in [1.29, 1.82) is 0 Å². The van der Waals surface area contributed by atoms with Gasteiger partial charge in [0.25, 0.3) is 5.69 Å². The highest BCUT2D eigenvalue weighted by atomic mass is 32.2. The molecule has 0 spiro atoms. The molecule has 1 unspecified atom stereocenters. The summed E-state index contributed by atoms with van der Waals surface area (Å²) < 4.78 is 17.0. The van der Waals surface area contributed by atoms with Crippen molar-refractivity contribution in [2.75, 3.05) is 24.7 Å². The first kappa shape index (κ1) is 22.2. The third kappa shape index (κ3) is 5.36. The van der Waals surface area contributed by atoms with E-state index >= 15 is 0 Å². The van der Waals surface area contributed by atoms with Gasteiger partial charge in [-0.15, -0.1) is 0 Å². The van der Waals surface area contributed by atoms with E-state index in [1.807, 2.05) is 0 Å². The molecule has 3 atom stereocenters. The summed E-state index contributed by atoms with van der Waals surface area (Å²) >= 11 is 1.08. The van der Waals surface area contributed by atoms with Crippen molar-refractivity contribution in [3.63, 3.8) is 0 Å². The number of ether oxygens (including phenoxy) is 1. The predicted molar refractivity (Wildman–Crippen MR) is 110 cm³/mol. The van der Waals surface area contributed by atoms with E-state index in [1.54, 1.807) is 0 Å². The number of carbonyl (C=O) groups excluding carboxylic acids is 3. The van der Waals surface area contributed by atoms with Crippen LogP contribution in [0.15, 0.2) is 24.3 Å². The van der Waals surface area contributed by atoms with E-state index in [4.69, 9.17) is 4.74 Å². The van der Waals surface area contributed by atoms with E-state index in [1.165, 1.54) is 41.0 Å². The maximum absolute atomic E-state index is 12.9. The van der Waals surface area contributed by atoms with Gasteiger partial charge in [0.2, 0.25) is 5.91 Å². The molecule has 12 heteroatoms. The number of carbonyl (C=O) groups is 3. The van der Waals surface area contributed by atoms with E-state index in [9.17, 15) is 28.7 Å². The minimum Gasteiger partial charge on any atom is -0.445 e. The first-order chi connectivity index (χ1) is 14.2. The second-order valence-electron chi connectivity index (χ2n) is 6.99. The van der Waals surface area contributed by atoms with E-state index in [0.29, 0.717) is 24.3 Å². The fraction of sp³-hybridized carbons (Fsp3) is 0.500. The van der Waals surface area contributed by atoms with Gasteiger partial charge in [-0.05, 0) is 24.1 Å². The van der Waals surface area contributed by atoms with Crippen molar-refractivity contribution in [2.24, 2.45) is 0 Å². The second kappa shape index (κ2) is 9.56. The number of amides is 2. The number of rotatable bonds is 5. The van der Waals surface area contributed by atoms with Crippen LogP contribution < -0.4 is 0 Å². The van der Waals surface area contributed by atoms with Gasteiger partial charge < -0.3 is 9.64 Å². The lowest BCUT2D eigenvalue weighted by atomic mass is 10.2. The molecule has 2 aliphatic heterocycles. The molecule has 0 aliphatic carbocycles. The van der Waals surface area contributed by atoms with Gasteiger partial charge in [-0.25, -0.2) is 4.79 Å². The molecule has 2 fully saturated rings. The number of nitro benzene ring substituents is 1. The third-order valence-corrected chi connectivity index (χ3v) is 7.07. The van der Waals surface area contributed by atoms with Crippen LogP contribution in [0.2, 0.25) is 0 Å². The van der Waals surface area contributed by atoms with Gasteiger partial charge in [-0.2, -0.15) is 0 Å². The van der Waals surface area contributed by atoms with E-state index in [-0.39, 0.29) is 41.0 Å². The van der Waals surface area contributed by atoms with Crippen molar-refractivity contribution in [1.82, 2.24) is 9.80 Å². The largest absolute Gasteiger partial charge is 0.445 e. The monoisotopic (exact) mass is 455 g/mol. The van der Waals surface area contributed by atoms with Gasteiger partial charge in [-0.1, -0.05) is 11.8 Å². The Bertz CT molecular complexity index is 877. The zero-order valence-electron chi connectivity index (χ0n) is 16.2. The third-order valence-electron chi connectivity index (χ3n) is 4.82. The summed E-state index contributed by atoms with van der Waals surface area (Å²) in [5.74, 6) is 0.264. The van der Waals surface area contributed by atoms with Gasteiger partial charge >= 0.3 is 6.09 Å². The molecule has 0 aromatic heterocycles. The van der Waals surface area contributed by atoms with Crippen molar-refractivity contribution in [3.05, 3.63) is 39.9 Å². The number of nitro groups is 1. The smallest absolute Gasteiger partial charge is 0.410 e. The summed E-state index contributed by atoms with van der Waals surface area (Å²) in [6.45, 7) is 1.89. The molecule has 1 aromatic carbocycles. The van der Waals surface area contributed by atoms with Gasteiger partial charge in [0.15, 0.2) is 5.12 Å². The molecule has 10 nitrogen and oxygen atoms in total. The molecule has 2 saturated heterocycles. The molecule has 3 rings (SSSR count). The Morgan fingerprint density at radius 2 is 2.00 bits per heavy atom. The van der Waals surface area contributed by atoms with Crippen LogP contribution in [0.5, 0.6) is 0 Å². The Kier molecular flexibility index (Phi) is 7.08. The highest BCUT2D eigenvalue weighted by Gasteiger charge is 2.43. The number of benzene rings is 1. The van der Waals surface area contributed by atoms with Crippen LogP contribution in [-0.4, -0.2) is 72.1 Å². The first-order valence-corrected chi connectivity index (χ1v) is 11.6. The van der Waals surface area contributed by atoms with Crippen LogP contribution in [0, 0.1) is 10.1 Å². The number of likely N-dealkylation sites (tertiary alicyclic amines) is 1. The van der Waals surface area contributed by atoms with Crippen molar-refractivity contribution < 1.29 is 28.3 Å². The molecule has 2 aliphatic rings. The lowest BCUT2D eigenvalue weighted by molar-refractivity contribution is -0.384. The topological polar surface area (TPSA) is 127 Å². The minimum atomic E-state index is -1.08. The van der Waals surface area contributed by atoms with Gasteiger partial charge in [0.1, 0.15) is 12.6 Å². The van der Waals surface area contributed by atoms with Crippen molar-refractivity contribution in [3.8, 4) is 0 Å². The summed E-state index contributed by atoms with van der Waals surface area (Å²) in [5.41, 5.74) is 0.503. The summed E-state index contributed by atoms with van der Waals surface area (Å²) in [4.78, 5) is 50.1. The Hall–Kier alpha value is -2.47. The molecule has 2 heterocycles. The molecule has 1 aromatic rings. The fourth-order valence-corrected chi connectivity index (χ4v) is 5.53. The molecule has 30 heavy (non-hydrogen) atoms. The Morgan fingerprint density at radius 1 is 1.30 bits per heavy atom. The van der Waals surface area contributed by atoms with E-state index in [2.05, 4.69) is 0 Å². The lowest BCUT2D eigenvalue weighted by Gasteiger charge is -2.26. The molecule has 0 bridgehead atoms. The number of hydrogen-bond donors (Lipinski definition) is 0. The Labute approximate surface area is 179 Å². The minimum absolute atomic E-state index is 0.0672. The summed E-state index contributed by atoms with van der Waals surface area (Å²) in [6.07, 6.45) is -0.377. The van der Waals surface area contributed by atoms with Crippen LogP contribution in [0.1, 0.15) is 18.9 Å². The van der Waals surface area contributed by atoms with E-state index < -0.39 is 27.9 Å². The zero-order valence-corrected chi connectivity index (χ0v) is 17.9. The standard InChI is InChI=1S/C18H21N3O7S2/c1-12(22)29-15-8-16(17(23)19-6-7-30(27)11-19)20(9-15)18(24)28-10-13-2-4-14(5-3-13)21(25)26/h2-5,15-16H,6-11H2,1H3/t15-,16-,30?/m0/s1. The highest BCUT2D eigenvalue weighted by Crippen LogP contribution is 2.30. The van der Waals surface area contributed by atoms with Gasteiger partial charge in [0, 0.05) is 53.9 Å². The van der Waals surface area contributed by atoms with Crippen LogP contribution in [0.4, 0.5) is 10.5 Å². The van der Waals surface area contributed by atoms with Crippen molar-refractivity contribution in [2.45, 2.75) is 31.2 Å². The number of nitrogens with zero attached hydrogens (tertiary/aromatic N) is 3. The van der Waals surface area contributed by atoms with Crippen LogP contribution >= 0.6 is 11.8 Å². The fourth-order valence-electron chi connectivity index (χ4n) is 3.39. The van der Waals surface area contributed by atoms with Crippen LogP contribution in [0.3, 0.4) is 0 Å². The van der Waals surface area contributed by atoms with Crippen LogP contribution in [0.25, 0.3) is 0 Å². The lowest BCUT2D eigenvalue weighted by Crippen LogP contribution is -2.47. The summed E-state index contributed by atoms with van der Waals surface area (Å²) in [7, 11) is -1.08. The molecule has 0 N–H and O–H groups in total. The molecule has 0 radical (unpaired) electrons. The average Bonchev–Trinajstić information content (AvgIpc) is 3.32. The molecule has 0 saturated carbocycles. The zero-order chi connectivity index (χ0) is 21.8. The maximum atomic E-state index is 12.9. The molecular formula is C18H21N3O7S2. The quantitative estimate of drug-likeness (QED) is 0.483. The molecule has 2 amide bonds. The van der Waals surface area contributed by atoms with Crippen molar-refractivity contribution >= 4 is 45.4 Å². The predicted octanol–water partition coefficient (Wildman–Crippen LogP) is 1.50. The van der Waals surface area contributed by atoms with E-state index in [0.717, 1.165) is 11.8 Å². The Morgan fingerprint density at radius 3 is 2.57 bits per heavy atom. The average molecular weight is 456 g/mol. The Balaban J connectivity index is 1.66. The summed E-state index contributed by atoms with van der Waals surface area (Å²) in [5, 5.41) is 10.4. The number of hydrogen-bond acceptors (Lipinski definition) is 8. The van der Waals surface area contributed by atoms with Gasteiger partial charge in [0.05, 0.1) is 10.8 Å². The maximum Gasteiger partial charge on any atom is 0.410 e.